The van der Waals surface area contributed by atoms with Crippen molar-refractivity contribution in [2.24, 2.45) is 23.7 Å². The summed E-state index contributed by atoms with van der Waals surface area (Å²) in [5, 5.41) is 10.6. The fourth-order valence-corrected chi connectivity index (χ4v) is 13.5. The summed E-state index contributed by atoms with van der Waals surface area (Å²) < 4.78 is 68.6. The third kappa shape index (κ3) is 70.9. The molecule has 0 aromatic heterocycles. The van der Waals surface area contributed by atoms with Crippen LogP contribution in [0.5, 0.6) is 0 Å². The molecule has 0 aliphatic carbocycles. The molecular weight excluding hydrogens is 1270 g/mol. The van der Waals surface area contributed by atoms with E-state index in [0.717, 1.165) is 114 Å². The molecule has 0 rings (SSSR count). The Morgan fingerprint density at radius 1 is 0.289 bits per heavy atom. The molecule has 17 nitrogen and oxygen atoms in total. The van der Waals surface area contributed by atoms with E-state index in [-0.39, 0.29) is 25.7 Å². The first-order chi connectivity index (χ1) is 46.6. The second-order valence-electron chi connectivity index (χ2n) is 29.8. The van der Waals surface area contributed by atoms with Crippen molar-refractivity contribution in [3.8, 4) is 0 Å². The topological polar surface area (TPSA) is 237 Å². The van der Waals surface area contributed by atoms with E-state index in [2.05, 4.69) is 55.4 Å². The molecule has 0 bridgehead atoms. The number of phosphoric ester groups is 2. The zero-order valence-corrected chi connectivity index (χ0v) is 65.5. The van der Waals surface area contributed by atoms with Crippen molar-refractivity contribution in [1.29, 1.82) is 0 Å². The number of hydrogen-bond acceptors (Lipinski definition) is 15. The van der Waals surface area contributed by atoms with Gasteiger partial charge in [-0.05, 0) is 49.4 Å². The molecular formula is C78H152O17P2. The van der Waals surface area contributed by atoms with Gasteiger partial charge in [-0.25, -0.2) is 9.13 Å². The Balaban J connectivity index is 5.21. The van der Waals surface area contributed by atoms with E-state index in [4.69, 9.17) is 37.0 Å². The first-order valence-corrected chi connectivity index (χ1v) is 43.2. The molecule has 0 fully saturated rings. The zero-order chi connectivity index (χ0) is 71.7. The molecule has 0 saturated carbocycles. The van der Waals surface area contributed by atoms with Crippen molar-refractivity contribution in [3.63, 3.8) is 0 Å². The number of carbonyl (C=O) groups excluding carboxylic acids is 4. The highest BCUT2D eigenvalue weighted by molar-refractivity contribution is 7.47. The largest absolute Gasteiger partial charge is 0.472 e. The van der Waals surface area contributed by atoms with Crippen LogP contribution in [0.25, 0.3) is 0 Å². The van der Waals surface area contributed by atoms with Gasteiger partial charge in [0.1, 0.15) is 19.3 Å². The summed E-state index contributed by atoms with van der Waals surface area (Å²) in [4.78, 5) is 72.9. The molecule has 3 N–H and O–H groups in total. The number of phosphoric acid groups is 2. The normalized spacial score (nSPS) is 14.4. The predicted molar refractivity (Wildman–Crippen MR) is 395 cm³/mol. The molecule has 0 aromatic carbocycles. The minimum Gasteiger partial charge on any atom is -0.462 e. The summed E-state index contributed by atoms with van der Waals surface area (Å²) in [5.41, 5.74) is 0. The molecule has 0 radical (unpaired) electrons. The van der Waals surface area contributed by atoms with Crippen molar-refractivity contribution < 1.29 is 80.2 Å². The lowest BCUT2D eigenvalue weighted by Crippen LogP contribution is -2.30. The van der Waals surface area contributed by atoms with E-state index < -0.39 is 97.5 Å². The number of rotatable bonds is 75. The van der Waals surface area contributed by atoms with Gasteiger partial charge < -0.3 is 33.8 Å². The fraction of sp³-hybridized carbons (Fsp3) is 0.949. The van der Waals surface area contributed by atoms with Gasteiger partial charge in [0.05, 0.1) is 26.4 Å². The minimum atomic E-state index is -4.96. The van der Waals surface area contributed by atoms with Crippen LogP contribution in [0, 0.1) is 23.7 Å². The number of aliphatic hydroxyl groups excluding tert-OH is 1. The number of ether oxygens (including phenoxy) is 4. The summed E-state index contributed by atoms with van der Waals surface area (Å²) >= 11 is 0. The average molecular weight is 1420 g/mol. The number of esters is 4. The van der Waals surface area contributed by atoms with Gasteiger partial charge in [0, 0.05) is 25.7 Å². The summed E-state index contributed by atoms with van der Waals surface area (Å²) in [7, 11) is -9.92. The third-order valence-electron chi connectivity index (χ3n) is 18.4. The third-order valence-corrected chi connectivity index (χ3v) is 20.3. The minimum absolute atomic E-state index is 0.106. The summed E-state index contributed by atoms with van der Waals surface area (Å²) in [6, 6.07) is 0. The standard InChI is InChI=1S/C78H152O17P2/c1-9-71(8)57-49-41-32-28-29-33-42-50-58-75(80)88-64-73(94-77(82)60-52-44-34-26-22-18-14-10-12-16-20-24-30-38-46-54-68(2)3)66-92-96(84,85)90-62-72(79)63-91-97(86,87)93-67-74(65-89-76(81)59-51-43-37-36-40-48-56-70(6)7)95-78(83)61-53-45-35-27-23-19-15-11-13-17-21-25-31-39-47-55-69(4)5/h68-74,79H,9-67H2,1-8H3,(H,84,85)(H,86,87)/t71?,72?,73-,74-/m1/s1. The summed E-state index contributed by atoms with van der Waals surface area (Å²) in [6.45, 7) is 14.2. The first kappa shape index (κ1) is 95.1. The summed E-state index contributed by atoms with van der Waals surface area (Å²) in [5.74, 6) is 0.942. The van der Waals surface area contributed by atoms with E-state index in [9.17, 15) is 43.2 Å². The highest BCUT2D eigenvalue weighted by atomic mass is 31.2. The molecule has 19 heteroatoms. The van der Waals surface area contributed by atoms with E-state index in [0.29, 0.717) is 31.6 Å². The van der Waals surface area contributed by atoms with Crippen molar-refractivity contribution in [2.75, 3.05) is 39.6 Å². The van der Waals surface area contributed by atoms with Gasteiger partial charge in [-0.15, -0.1) is 0 Å². The monoisotopic (exact) mass is 1420 g/mol. The Labute approximate surface area is 594 Å². The van der Waals surface area contributed by atoms with Crippen LogP contribution in [0.2, 0.25) is 0 Å². The van der Waals surface area contributed by atoms with Crippen LogP contribution in [-0.2, 0) is 65.4 Å². The lowest BCUT2D eigenvalue weighted by atomic mass is 9.99. The van der Waals surface area contributed by atoms with Crippen LogP contribution < -0.4 is 0 Å². The van der Waals surface area contributed by atoms with Gasteiger partial charge in [-0.1, -0.05) is 344 Å². The second kappa shape index (κ2) is 67.2. The molecule has 0 aliphatic rings. The van der Waals surface area contributed by atoms with Crippen LogP contribution in [0.1, 0.15) is 396 Å². The quantitative estimate of drug-likeness (QED) is 0.0222. The smallest absolute Gasteiger partial charge is 0.462 e. The van der Waals surface area contributed by atoms with Gasteiger partial charge in [-0.2, -0.15) is 0 Å². The number of carbonyl (C=O) groups is 4. The van der Waals surface area contributed by atoms with Crippen LogP contribution in [0.3, 0.4) is 0 Å². The highest BCUT2D eigenvalue weighted by Gasteiger charge is 2.30. The van der Waals surface area contributed by atoms with Gasteiger partial charge >= 0.3 is 39.5 Å². The molecule has 576 valence electrons. The molecule has 0 aromatic rings. The van der Waals surface area contributed by atoms with Gasteiger partial charge in [0.2, 0.25) is 0 Å². The van der Waals surface area contributed by atoms with Gasteiger partial charge in [0.25, 0.3) is 0 Å². The zero-order valence-electron chi connectivity index (χ0n) is 63.7. The maximum atomic E-state index is 13.1. The van der Waals surface area contributed by atoms with Crippen molar-refractivity contribution in [1.82, 2.24) is 0 Å². The number of unbranched alkanes of at least 4 members (excludes halogenated alkanes) is 40. The Bertz CT molecular complexity index is 1900. The Kier molecular flexibility index (Phi) is 65.9. The molecule has 0 aliphatic heterocycles. The number of aliphatic hydroxyl groups is 1. The second-order valence-corrected chi connectivity index (χ2v) is 32.7. The van der Waals surface area contributed by atoms with Crippen molar-refractivity contribution in [2.45, 2.75) is 414 Å². The predicted octanol–water partition coefficient (Wildman–Crippen LogP) is 22.8. The molecule has 0 heterocycles. The molecule has 6 atom stereocenters. The van der Waals surface area contributed by atoms with Gasteiger partial charge in [-0.3, -0.25) is 37.3 Å². The molecule has 0 amide bonds. The van der Waals surface area contributed by atoms with Crippen molar-refractivity contribution in [3.05, 3.63) is 0 Å². The average Bonchev–Trinajstić information content (AvgIpc) is 1.00. The van der Waals surface area contributed by atoms with Crippen LogP contribution in [0.4, 0.5) is 0 Å². The fourth-order valence-electron chi connectivity index (χ4n) is 11.9. The van der Waals surface area contributed by atoms with E-state index in [1.165, 1.54) is 193 Å². The molecule has 4 unspecified atom stereocenters. The Morgan fingerprint density at radius 3 is 0.732 bits per heavy atom. The van der Waals surface area contributed by atoms with E-state index >= 15 is 0 Å². The van der Waals surface area contributed by atoms with Crippen LogP contribution >= 0.6 is 15.6 Å². The van der Waals surface area contributed by atoms with Crippen LogP contribution in [-0.4, -0.2) is 96.7 Å². The summed E-state index contributed by atoms with van der Waals surface area (Å²) in [6.07, 6.45) is 52.9. The maximum Gasteiger partial charge on any atom is 0.472 e. The molecule has 97 heavy (non-hydrogen) atoms. The SMILES string of the molecule is CCC(C)CCCCCCCCCCC(=O)OC[C@H](COP(=O)(O)OCC(O)COP(=O)(O)OC[C@@H](COC(=O)CCCCCCCCC(C)C)OC(=O)CCCCCCCCCCCCCCCCCC(C)C)OC(=O)CCCCCCCCCCCCCCCCCC(C)C. The maximum absolute atomic E-state index is 13.1. The number of hydrogen-bond donors (Lipinski definition) is 3. The molecule has 0 saturated heterocycles. The Hall–Kier alpha value is -1.94. The van der Waals surface area contributed by atoms with Crippen molar-refractivity contribution >= 4 is 39.5 Å². The first-order valence-electron chi connectivity index (χ1n) is 40.2. The van der Waals surface area contributed by atoms with E-state index in [1.807, 2.05) is 0 Å². The van der Waals surface area contributed by atoms with Gasteiger partial charge in [0.15, 0.2) is 12.2 Å². The lowest BCUT2D eigenvalue weighted by molar-refractivity contribution is -0.161. The van der Waals surface area contributed by atoms with E-state index in [1.54, 1.807) is 0 Å². The molecule has 0 spiro atoms. The lowest BCUT2D eigenvalue weighted by Gasteiger charge is -2.21. The highest BCUT2D eigenvalue weighted by Crippen LogP contribution is 2.45. The van der Waals surface area contributed by atoms with Crippen LogP contribution in [0.15, 0.2) is 0 Å². The Morgan fingerprint density at radius 2 is 0.495 bits per heavy atom.